The number of hydrogen-bond acceptors (Lipinski definition) is 4. The first-order chi connectivity index (χ1) is 12.5. The van der Waals surface area contributed by atoms with E-state index in [1.807, 2.05) is 12.1 Å². The average Bonchev–Trinajstić information content (AvgIpc) is 3.27. The second kappa shape index (κ2) is 7.49. The molecule has 0 fully saturated rings. The Morgan fingerprint density at radius 1 is 1.19 bits per heavy atom. The molecule has 3 rings (SSSR count). The van der Waals surface area contributed by atoms with Gasteiger partial charge in [0.2, 0.25) is 0 Å². The molecule has 3 aromatic rings. The highest BCUT2D eigenvalue weighted by Gasteiger charge is 2.23. The van der Waals surface area contributed by atoms with Crippen molar-refractivity contribution in [3.05, 3.63) is 70.7 Å². The van der Waals surface area contributed by atoms with E-state index in [9.17, 15) is 18.4 Å². The molecular weight excluding hydrogens is 362 g/mol. The predicted octanol–water partition coefficient (Wildman–Crippen LogP) is 4.00. The number of carbonyl (C=O) groups is 2. The van der Waals surface area contributed by atoms with E-state index in [-0.39, 0.29) is 5.69 Å². The molecule has 2 heterocycles. The molecule has 2 aromatic heterocycles. The van der Waals surface area contributed by atoms with Gasteiger partial charge in [0.1, 0.15) is 16.5 Å². The zero-order valence-electron chi connectivity index (χ0n) is 13.6. The lowest BCUT2D eigenvalue weighted by Gasteiger charge is -2.14. The van der Waals surface area contributed by atoms with Crippen LogP contribution in [-0.4, -0.2) is 22.5 Å². The van der Waals surface area contributed by atoms with Crippen LogP contribution in [0.2, 0.25) is 0 Å². The highest BCUT2D eigenvalue weighted by molar-refractivity contribution is 7.12. The van der Waals surface area contributed by atoms with Crippen molar-refractivity contribution in [1.82, 2.24) is 4.57 Å². The van der Waals surface area contributed by atoms with Gasteiger partial charge in [0, 0.05) is 18.5 Å². The van der Waals surface area contributed by atoms with Gasteiger partial charge in [-0.1, -0.05) is 0 Å². The third-order valence-electron chi connectivity index (χ3n) is 3.55. The zero-order chi connectivity index (χ0) is 18.7. The average molecular weight is 376 g/mol. The summed E-state index contributed by atoms with van der Waals surface area (Å²) in [7, 11) is 0. The van der Waals surface area contributed by atoms with Crippen molar-refractivity contribution in [2.24, 2.45) is 0 Å². The minimum absolute atomic E-state index is 0.191. The lowest BCUT2D eigenvalue weighted by Crippen LogP contribution is -2.30. The van der Waals surface area contributed by atoms with Crippen molar-refractivity contribution in [3.8, 4) is 5.69 Å². The van der Waals surface area contributed by atoms with Crippen molar-refractivity contribution in [2.75, 3.05) is 5.32 Å². The maximum absolute atomic E-state index is 13.6. The van der Waals surface area contributed by atoms with Crippen LogP contribution in [0.4, 0.5) is 14.5 Å². The van der Waals surface area contributed by atoms with E-state index < -0.39 is 29.6 Å². The fraction of sp³-hybridized carbons (Fsp3) is 0.111. The van der Waals surface area contributed by atoms with Gasteiger partial charge in [0.05, 0.1) is 11.4 Å². The molecule has 0 aliphatic carbocycles. The van der Waals surface area contributed by atoms with E-state index in [2.05, 4.69) is 5.32 Å². The van der Waals surface area contributed by atoms with Gasteiger partial charge in [-0.05, 0) is 42.6 Å². The fourth-order valence-electron chi connectivity index (χ4n) is 2.25. The summed E-state index contributed by atoms with van der Waals surface area (Å²) < 4.78 is 33.4. The lowest BCUT2D eigenvalue weighted by atomic mass is 10.2. The molecule has 0 saturated carbocycles. The van der Waals surface area contributed by atoms with Gasteiger partial charge in [-0.3, -0.25) is 4.79 Å². The number of halogens is 2. The molecule has 1 amide bonds. The van der Waals surface area contributed by atoms with Crippen LogP contribution in [0.25, 0.3) is 5.69 Å². The molecule has 26 heavy (non-hydrogen) atoms. The molecule has 1 atom stereocenters. The second-order valence-electron chi connectivity index (χ2n) is 5.39. The van der Waals surface area contributed by atoms with Crippen molar-refractivity contribution in [3.63, 3.8) is 0 Å². The van der Waals surface area contributed by atoms with Crippen LogP contribution in [0, 0.1) is 11.6 Å². The van der Waals surface area contributed by atoms with Gasteiger partial charge < -0.3 is 14.6 Å². The quantitative estimate of drug-likeness (QED) is 0.685. The number of ether oxygens (including phenoxy) is 1. The van der Waals surface area contributed by atoms with Crippen LogP contribution in [0.15, 0.2) is 54.2 Å². The zero-order valence-corrected chi connectivity index (χ0v) is 14.4. The second-order valence-corrected chi connectivity index (χ2v) is 6.30. The Balaban J connectivity index is 1.68. The highest BCUT2D eigenvalue weighted by Crippen LogP contribution is 2.23. The third kappa shape index (κ3) is 3.80. The van der Waals surface area contributed by atoms with Crippen molar-refractivity contribution < 1.29 is 23.1 Å². The van der Waals surface area contributed by atoms with E-state index in [0.717, 1.165) is 12.1 Å². The van der Waals surface area contributed by atoms with Gasteiger partial charge >= 0.3 is 5.97 Å². The summed E-state index contributed by atoms with van der Waals surface area (Å²) in [5.41, 5.74) is 0.450. The smallest absolute Gasteiger partial charge is 0.351 e. The maximum atomic E-state index is 13.6. The summed E-state index contributed by atoms with van der Waals surface area (Å²) in [6.45, 7) is 1.37. The SMILES string of the molecule is C[C@@H](OC(=O)c1sccc1-n1cccc1)C(=O)Nc1ccc(F)cc1F. The predicted molar refractivity (Wildman–Crippen MR) is 93.5 cm³/mol. The van der Waals surface area contributed by atoms with E-state index in [4.69, 9.17) is 4.74 Å². The summed E-state index contributed by atoms with van der Waals surface area (Å²) in [5.74, 6) is -3.05. The van der Waals surface area contributed by atoms with Gasteiger partial charge in [0.15, 0.2) is 6.10 Å². The van der Waals surface area contributed by atoms with Crippen LogP contribution in [0.5, 0.6) is 0 Å². The molecule has 0 aliphatic rings. The van der Waals surface area contributed by atoms with Gasteiger partial charge in [-0.15, -0.1) is 11.3 Å². The van der Waals surface area contributed by atoms with Crippen molar-refractivity contribution in [2.45, 2.75) is 13.0 Å². The first-order valence-corrected chi connectivity index (χ1v) is 8.51. The van der Waals surface area contributed by atoms with Crippen LogP contribution < -0.4 is 5.32 Å². The highest BCUT2D eigenvalue weighted by atomic mass is 32.1. The van der Waals surface area contributed by atoms with Crippen LogP contribution >= 0.6 is 11.3 Å². The largest absolute Gasteiger partial charge is 0.448 e. The molecular formula is C18H14F2N2O3S. The Kier molecular flexibility index (Phi) is 5.13. The Hall–Kier alpha value is -3.00. The fourth-order valence-corrected chi connectivity index (χ4v) is 3.02. The van der Waals surface area contributed by atoms with E-state index in [0.29, 0.717) is 16.6 Å². The molecule has 0 radical (unpaired) electrons. The number of anilines is 1. The monoisotopic (exact) mass is 376 g/mol. The molecule has 134 valence electrons. The number of nitrogens with one attached hydrogen (secondary N) is 1. The number of amides is 1. The normalized spacial score (nSPS) is 11.8. The summed E-state index contributed by atoms with van der Waals surface area (Å²) in [6.07, 6.45) is 2.41. The van der Waals surface area contributed by atoms with Gasteiger partial charge in [0.25, 0.3) is 5.91 Å². The number of aromatic nitrogens is 1. The molecule has 0 spiro atoms. The number of esters is 1. The molecule has 0 saturated heterocycles. The number of nitrogens with zero attached hydrogens (tertiary/aromatic N) is 1. The molecule has 0 bridgehead atoms. The molecule has 5 nitrogen and oxygen atoms in total. The molecule has 0 aliphatic heterocycles. The van der Waals surface area contributed by atoms with Crippen LogP contribution in [0.3, 0.4) is 0 Å². The van der Waals surface area contributed by atoms with Crippen molar-refractivity contribution >= 4 is 28.9 Å². The number of rotatable bonds is 5. The standard InChI is InChI=1S/C18H14F2N2O3S/c1-11(17(23)21-14-5-4-12(19)10-13(14)20)25-18(24)16-15(6-9-26-16)22-7-2-3-8-22/h2-11H,1H3,(H,21,23)/t11-/m1/s1. The Labute approximate surface area is 151 Å². The third-order valence-corrected chi connectivity index (χ3v) is 4.44. The number of hydrogen-bond donors (Lipinski definition) is 1. The summed E-state index contributed by atoms with van der Waals surface area (Å²) >= 11 is 1.19. The Bertz CT molecular complexity index is 938. The number of carbonyl (C=O) groups excluding carboxylic acids is 2. The molecule has 1 N–H and O–H groups in total. The number of benzene rings is 1. The van der Waals surface area contributed by atoms with Crippen LogP contribution in [0.1, 0.15) is 16.6 Å². The first-order valence-electron chi connectivity index (χ1n) is 7.63. The molecule has 1 aromatic carbocycles. The Morgan fingerprint density at radius 3 is 2.62 bits per heavy atom. The van der Waals surface area contributed by atoms with E-state index >= 15 is 0 Å². The summed E-state index contributed by atoms with van der Waals surface area (Å²) in [4.78, 5) is 24.8. The minimum atomic E-state index is -1.16. The van der Waals surface area contributed by atoms with Gasteiger partial charge in [-0.2, -0.15) is 0 Å². The summed E-state index contributed by atoms with van der Waals surface area (Å²) in [6, 6.07) is 8.17. The first kappa shape index (κ1) is 17.8. The minimum Gasteiger partial charge on any atom is -0.448 e. The molecule has 8 heteroatoms. The maximum Gasteiger partial charge on any atom is 0.351 e. The molecule has 0 unspecified atom stereocenters. The summed E-state index contributed by atoms with van der Waals surface area (Å²) in [5, 5.41) is 4.01. The Morgan fingerprint density at radius 2 is 1.92 bits per heavy atom. The number of thiophene rings is 1. The van der Waals surface area contributed by atoms with Gasteiger partial charge in [-0.25, -0.2) is 13.6 Å². The van der Waals surface area contributed by atoms with E-state index in [1.54, 1.807) is 28.4 Å². The van der Waals surface area contributed by atoms with Crippen molar-refractivity contribution in [1.29, 1.82) is 0 Å². The van der Waals surface area contributed by atoms with Crippen LogP contribution in [-0.2, 0) is 9.53 Å². The lowest BCUT2D eigenvalue weighted by molar-refractivity contribution is -0.123. The topological polar surface area (TPSA) is 60.3 Å². The van der Waals surface area contributed by atoms with E-state index in [1.165, 1.54) is 18.3 Å².